The SMILES string of the molecule is CCN1CCN(C(=O)c2ccc3nnc(Cc4ccc(Cl)cc4)n3c2)CC1. The number of hydrogen-bond acceptors (Lipinski definition) is 4. The Morgan fingerprint density at radius 1 is 1.04 bits per heavy atom. The predicted molar refractivity (Wildman–Crippen MR) is 105 cm³/mol. The summed E-state index contributed by atoms with van der Waals surface area (Å²) in [7, 11) is 0. The Kier molecular flexibility index (Phi) is 5.09. The standard InChI is InChI=1S/C20H22ClN5O/c1-2-24-9-11-25(12-10-24)20(27)16-5-8-18-22-23-19(26(18)14-16)13-15-3-6-17(21)7-4-15/h3-8,14H,2,9-13H2,1H3. The smallest absolute Gasteiger partial charge is 0.255 e. The third-order valence-electron chi connectivity index (χ3n) is 5.10. The number of amides is 1. The van der Waals surface area contributed by atoms with Gasteiger partial charge >= 0.3 is 0 Å². The highest BCUT2D eigenvalue weighted by atomic mass is 35.5. The van der Waals surface area contributed by atoms with Crippen LogP contribution in [0.15, 0.2) is 42.6 Å². The molecule has 3 heterocycles. The molecule has 0 unspecified atom stereocenters. The summed E-state index contributed by atoms with van der Waals surface area (Å²) in [6.07, 6.45) is 2.49. The monoisotopic (exact) mass is 383 g/mol. The van der Waals surface area contributed by atoms with E-state index in [4.69, 9.17) is 11.6 Å². The average Bonchev–Trinajstić information content (AvgIpc) is 3.11. The van der Waals surface area contributed by atoms with Gasteiger partial charge in [0.05, 0.1) is 5.56 Å². The molecule has 0 bridgehead atoms. The van der Waals surface area contributed by atoms with Crippen LogP contribution in [0.2, 0.25) is 5.02 Å². The van der Waals surface area contributed by atoms with Crippen molar-refractivity contribution in [2.24, 2.45) is 0 Å². The molecule has 3 aromatic rings. The number of rotatable bonds is 4. The molecule has 0 aliphatic carbocycles. The van der Waals surface area contributed by atoms with Gasteiger partial charge in [-0.05, 0) is 36.4 Å². The molecule has 0 atom stereocenters. The summed E-state index contributed by atoms with van der Waals surface area (Å²) in [5.74, 6) is 0.872. The first-order chi connectivity index (χ1) is 13.1. The number of aromatic nitrogens is 3. The van der Waals surface area contributed by atoms with Crippen LogP contribution in [0.5, 0.6) is 0 Å². The number of halogens is 1. The molecule has 0 N–H and O–H groups in total. The lowest BCUT2D eigenvalue weighted by atomic mass is 10.1. The van der Waals surface area contributed by atoms with Crippen LogP contribution >= 0.6 is 11.6 Å². The zero-order chi connectivity index (χ0) is 18.8. The van der Waals surface area contributed by atoms with E-state index in [1.165, 1.54) is 0 Å². The van der Waals surface area contributed by atoms with Crippen molar-refractivity contribution in [1.29, 1.82) is 0 Å². The van der Waals surface area contributed by atoms with Crippen molar-refractivity contribution in [3.63, 3.8) is 0 Å². The Hall–Kier alpha value is -2.44. The van der Waals surface area contributed by atoms with E-state index in [2.05, 4.69) is 22.0 Å². The lowest BCUT2D eigenvalue weighted by molar-refractivity contribution is 0.0643. The molecule has 4 rings (SSSR count). The number of fused-ring (bicyclic) bond motifs is 1. The van der Waals surface area contributed by atoms with E-state index < -0.39 is 0 Å². The van der Waals surface area contributed by atoms with Crippen molar-refractivity contribution in [2.45, 2.75) is 13.3 Å². The van der Waals surface area contributed by atoms with Gasteiger partial charge in [0, 0.05) is 43.8 Å². The van der Waals surface area contributed by atoms with Crippen LogP contribution in [0.1, 0.15) is 28.7 Å². The summed E-state index contributed by atoms with van der Waals surface area (Å²) in [4.78, 5) is 17.2. The number of carbonyl (C=O) groups is 1. The van der Waals surface area contributed by atoms with Crippen LogP contribution < -0.4 is 0 Å². The molecule has 2 aromatic heterocycles. The van der Waals surface area contributed by atoms with E-state index in [0.29, 0.717) is 17.0 Å². The van der Waals surface area contributed by atoms with E-state index in [1.54, 1.807) is 0 Å². The Bertz CT molecular complexity index is 945. The molecular weight excluding hydrogens is 362 g/mol. The number of pyridine rings is 1. The van der Waals surface area contributed by atoms with Gasteiger partial charge in [-0.15, -0.1) is 10.2 Å². The van der Waals surface area contributed by atoms with E-state index in [-0.39, 0.29) is 5.91 Å². The van der Waals surface area contributed by atoms with E-state index >= 15 is 0 Å². The molecule has 1 fully saturated rings. The van der Waals surface area contributed by atoms with Crippen molar-refractivity contribution < 1.29 is 4.79 Å². The number of carbonyl (C=O) groups excluding carboxylic acids is 1. The maximum Gasteiger partial charge on any atom is 0.255 e. The molecule has 140 valence electrons. The minimum Gasteiger partial charge on any atom is -0.336 e. The summed E-state index contributed by atoms with van der Waals surface area (Å²) in [6, 6.07) is 11.4. The van der Waals surface area contributed by atoms with Crippen LogP contribution in [0, 0.1) is 0 Å². The summed E-state index contributed by atoms with van der Waals surface area (Å²) in [5, 5.41) is 9.23. The normalized spacial score (nSPS) is 15.4. The number of benzene rings is 1. The first-order valence-electron chi connectivity index (χ1n) is 9.24. The number of likely N-dealkylation sites (N-methyl/N-ethyl adjacent to an activating group) is 1. The molecule has 0 radical (unpaired) electrons. The van der Waals surface area contributed by atoms with Gasteiger partial charge in [-0.2, -0.15) is 0 Å². The van der Waals surface area contributed by atoms with Gasteiger partial charge in [0.25, 0.3) is 5.91 Å². The van der Waals surface area contributed by atoms with E-state index in [0.717, 1.165) is 49.8 Å². The van der Waals surface area contributed by atoms with Crippen molar-refractivity contribution in [2.75, 3.05) is 32.7 Å². The van der Waals surface area contributed by atoms with Crippen molar-refractivity contribution >= 4 is 23.2 Å². The van der Waals surface area contributed by atoms with Gasteiger partial charge in [-0.25, -0.2) is 0 Å². The van der Waals surface area contributed by atoms with Crippen molar-refractivity contribution in [3.05, 3.63) is 64.6 Å². The van der Waals surface area contributed by atoms with Gasteiger partial charge in [0.1, 0.15) is 5.82 Å². The Morgan fingerprint density at radius 2 is 1.78 bits per heavy atom. The largest absolute Gasteiger partial charge is 0.336 e. The first-order valence-corrected chi connectivity index (χ1v) is 9.61. The van der Waals surface area contributed by atoms with Crippen LogP contribution in [-0.4, -0.2) is 63.0 Å². The summed E-state index contributed by atoms with van der Waals surface area (Å²) < 4.78 is 1.91. The summed E-state index contributed by atoms with van der Waals surface area (Å²) in [6.45, 7) is 6.58. The molecule has 1 amide bonds. The van der Waals surface area contributed by atoms with Gasteiger partial charge < -0.3 is 9.80 Å². The van der Waals surface area contributed by atoms with E-state index in [1.807, 2.05) is 51.9 Å². The quantitative estimate of drug-likeness (QED) is 0.695. The van der Waals surface area contributed by atoms with Crippen LogP contribution in [-0.2, 0) is 6.42 Å². The maximum atomic E-state index is 12.9. The lowest BCUT2D eigenvalue weighted by Crippen LogP contribution is -2.48. The highest BCUT2D eigenvalue weighted by Crippen LogP contribution is 2.16. The second-order valence-electron chi connectivity index (χ2n) is 6.79. The van der Waals surface area contributed by atoms with E-state index in [9.17, 15) is 4.79 Å². The summed E-state index contributed by atoms with van der Waals surface area (Å²) >= 11 is 5.96. The lowest BCUT2D eigenvalue weighted by Gasteiger charge is -2.34. The van der Waals surface area contributed by atoms with Crippen LogP contribution in [0.3, 0.4) is 0 Å². The molecule has 27 heavy (non-hydrogen) atoms. The third kappa shape index (κ3) is 3.82. The zero-order valence-electron chi connectivity index (χ0n) is 15.3. The highest BCUT2D eigenvalue weighted by molar-refractivity contribution is 6.30. The minimum atomic E-state index is 0.0683. The topological polar surface area (TPSA) is 53.7 Å². The van der Waals surface area contributed by atoms with Crippen LogP contribution in [0.25, 0.3) is 5.65 Å². The highest BCUT2D eigenvalue weighted by Gasteiger charge is 2.22. The fraction of sp³-hybridized carbons (Fsp3) is 0.350. The summed E-state index contributed by atoms with van der Waals surface area (Å²) in [5.41, 5.74) is 2.51. The zero-order valence-corrected chi connectivity index (χ0v) is 16.1. The fourth-order valence-corrected chi connectivity index (χ4v) is 3.55. The van der Waals surface area contributed by atoms with Crippen molar-refractivity contribution in [3.8, 4) is 0 Å². The molecule has 0 spiro atoms. The Morgan fingerprint density at radius 3 is 2.48 bits per heavy atom. The molecular formula is C20H22ClN5O. The number of hydrogen-bond donors (Lipinski definition) is 0. The van der Waals surface area contributed by atoms with Crippen molar-refractivity contribution in [1.82, 2.24) is 24.4 Å². The molecule has 6 nitrogen and oxygen atoms in total. The third-order valence-corrected chi connectivity index (χ3v) is 5.35. The van der Waals surface area contributed by atoms with Gasteiger partial charge in [0.2, 0.25) is 0 Å². The number of nitrogens with zero attached hydrogens (tertiary/aromatic N) is 5. The minimum absolute atomic E-state index is 0.0683. The molecule has 1 saturated heterocycles. The molecule has 0 saturated carbocycles. The Balaban J connectivity index is 1.56. The maximum absolute atomic E-state index is 12.9. The van der Waals surface area contributed by atoms with Crippen LogP contribution in [0.4, 0.5) is 0 Å². The first kappa shape index (κ1) is 17.9. The second-order valence-corrected chi connectivity index (χ2v) is 7.23. The average molecular weight is 384 g/mol. The van der Waals surface area contributed by atoms with Gasteiger partial charge in [-0.3, -0.25) is 9.20 Å². The molecule has 1 aliphatic rings. The molecule has 1 aromatic carbocycles. The van der Waals surface area contributed by atoms with Gasteiger partial charge in [-0.1, -0.05) is 30.7 Å². The molecule has 1 aliphatic heterocycles. The second kappa shape index (κ2) is 7.66. The van der Waals surface area contributed by atoms with Gasteiger partial charge in [0.15, 0.2) is 5.65 Å². The number of piperazine rings is 1. The fourth-order valence-electron chi connectivity index (χ4n) is 3.42. The molecule has 7 heteroatoms. The Labute approximate surface area is 163 Å². The predicted octanol–water partition coefficient (Wildman–Crippen LogP) is 2.75.